The van der Waals surface area contributed by atoms with Crippen molar-refractivity contribution in [1.82, 2.24) is 10.6 Å². The summed E-state index contributed by atoms with van der Waals surface area (Å²) in [7, 11) is 0. The molecule has 10 aromatic carbocycles. The number of aromatic hydroxyl groups is 4. The maximum absolute atomic E-state index is 16.3. The van der Waals surface area contributed by atoms with Gasteiger partial charge in [0.15, 0.2) is 5.72 Å². The number of aromatic carboxylic acids is 3. The topological polar surface area (TPSA) is 336 Å². The van der Waals surface area contributed by atoms with Gasteiger partial charge in [0.05, 0.1) is 66.7 Å². The van der Waals surface area contributed by atoms with E-state index in [0.717, 1.165) is 37.3 Å². The summed E-state index contributed by atoms with van der Waals surface area (Å²) in [5, 5.41) is 86.0. The number of hydrogen-bond donors (Lipinski definition) is 11. The fourth-order valence-corrected chi connectivity index (χ4v) is 16.8. The van der Waals surface area contributed by atoms with Gasteiger partial charge in [0.1, 0.15) is 23.0 Å². The number of phenols is 4. The van der Waals surface area contributed by atoms with E-state index in [9.17, 15) is 69.3 Å². The minimum atomic E-state index is -6.53. The molecule has 0 radical (unpaired) electrons. The molecule has 0 bridgehead atoms. The van der Waals surface area contributed by atoms with E-state index in [1.165, 1.54) is 65.0 Å². The van der Waals surface area contributed by atoms with Gasteiger partial charge in [-0.1, -0.05) is 131 Å². The number of rotatable bonds is 20. The first-order chi connectivity index (χ1) is 57.0. The lowest BCUT2D eigenvalue weighted by Crippen LogP contribution is -2.59. The van der Waals surface area contributed by atoms with Crippen molar-refractivity contribution in [3.8, 4) is 45.3 Å². The van der Waals surface area contributed by atoms with Crippen LogP contribution in [-0.4, -0.2) is 119 Å². The van der Waals surface area contributed by atoms with Crippen LogP contribution in [0.15, 0.2) is 194 Å². The first-order valence-corrected chi connectivity index (χ1v) is 37.6. The highest BCUT2D eigenvalue weighted by atomic mass is 19.4. The van der Waals surface area contributed by atoms with E-state index in [-0.39, 0.29) is 88.5 Å². The number of carboxylic acids is 3. The van der Waals surface area contributed by atoms with Gasteiger partial charge in [-0.05, 0) is 223 Å². The summed E-state index contributed by atoms with van der Waals surface area (Å²) in [5.74, 6) is -15.9. The number of cyclic esters (lactones) is 1. The standard InChI is InChI=1S/C91H76F12N4O16/c1-44(2)43-82(6,7)65-31-19-45(35-71(65)110)46-20-32-67(72(111)36-46)104-73(112)59-37-49(21-27-55(59)77(116)117)87(90(98,99)100,91(101,102)103)52-24-30-58-62(40-52)76(115)107-84(10,123-80(58)122)83(8,9)66-41-47(25-33-69(66)108)85(63-17-13-11-15-53(63)54-16-12-14-18-64(54)85)48-26-34-70(109)68(42-48)105-74(113)60-38-50(22-28-56(60)78(118)119)86(88(92,93)94,89(95,96)97)51-23-29-57(79(120)121)61(39-51)75(114)106-81(3,4)5/h11-42,44,108-111H,43H2,1-10H3,(H,104,112)(H,105,113)(H,106,114)(H,107,115)(H,116,117)(H,118,119)(H,120,121). The van der Waals surface area contributed by atoms with E-state index >= 15 is 57.5 Å². The Morgan fingerprint density at radius 2 is 0.829 bits per heavy atom. The van der Waals surface area contributed by atoms with Crippen molar-refractivity contribution in [3.05, 3.63) is 294 Å². The zero-order valence-electron chi connectivity index (χ0n) is 66.6. The minimum absolute atomic E-state index is 0.0187. The molecule has 1 aliphatic heterocycles. The van der Waals surface area contributed by atoms with Crippen molar-refractivity contribution in [2.75, 3.05) is 10.6 Å². The molecule has 0 saturated carbocycles. The van der Waals surface area contributed by atoms with Crippen molar-refractivity contribution < 1.29 is 132 Å². The summed E-state index contributed by atoms with van der Waals surface area (Å²) in [6.45, 7) is 15.7. The number of amides is 4. The van der Waals surface area contributed by atoms with Crippen LogP contribution in [0.2, 0.25) is 0 Å². The number of ether oxygens (including phenoxy) is 1. The predicted octanol–water partition coefficient (Wildman–Crippen LogP) is 19.4. The monoisotopic (exact) mass is 1710 g/mol. The van der Waals surface area contributed by atoms with Crippen LogP contribution in [-0.2, 0) is 31.8 Å². The zero-order chi connectivity index (χ0) is 90.7. The van der Waals surface area contributed by atoms with Crippen LogP contribution in [0.4, 0.5) is 64.1 Å². The summed E-state index contributed by atoms with van der Waals surface area (Å²) >= 11 is 0. The number of benzene rings is 10. The lowest BCUT2D eigenvalue weighted by atomic mass is 9.65. The largest absolute Gasteiger partial charge is 0.508 e. The molecule has 1 aliphatic carbocycles. The summed E-state index contributed by atoms with van der Waals surface area (Å²) < 4.78 is 200. The number of alkyl halides is 12. The van der Waals surface area contributed by atoms with E-state index in [1.54, 1.807) is 60.7 Å². The molecule has 0 spiro atoms. The van der Waals surface area contributed by atoms with Crippen LogP contribution in [0.25, 0.3) is 22.3 Å². The first-order valence-electron chi connectivity index (χ1n) is 37.6. The Morgan fingerprint density at radius 1 is 0.415 bits per heavy atom. The number of anilines is 2. The number of halogens is 12. The van der Waals surface area contributed by atoms with Gasteiger partial charge in [0.2, 0.25) is 10.8 Å². The number of fused-ring (bicyclic) bond motifs is 4. The third-order valence-electron chi connectivity index (χ3n) is 22.7. The van der Waals surface area contributed by atoms with Gasteiger partial charge in [-0.3, -0.25) is 19.2 Å². The van der Waals surface area contributed by atoms with Crippen LogP contribution < -0.4 is 21.3 Å². The third-order valence-corrected chi connectivity index (χ3v) is 22.7. The fourth-order valence-electron chi connectivity index (χ4n) is 16.8. The third kappa shape index (κ3) is 15.0. The van der Waals surface area contributed by atoms with E-state index in [1.807, 2.05) is 27.7 Å². The zero-order valence-corrected chi connectivity index (χ0v) is 66.6. The number of hydrogen-bond acceptors (Lipinski definition) is 13. The molecular formula is C91H76F12N4O16. The van der Waals surface area contributed by atoms with Crippen LogP contribution in [0, 0.1) is 5.92 Å². The molecular weight excluding hydrogens is 1630 g/mol. The van der Waals surface area contributed by atoms with E-state index in [2.05, 4.69) is 21.3 Å². The Balaban J connectivity index is 0.918. The molecule has 1 unspecified atom stereocenters. The normalized spacial score (nSPS) is 15.0. The molecule has 4 amide bonds. The molecule has 0 saturated heterocycles. The summed E-state index contributed by atoms with van der Waals surface area (Å²) in [4.78, 5) is 111. The highest BCUT2D eigenvalue weighted by Crippen LogP contribution is 2.61. The van der Waals surface area contributed by atoms with E-state index in [4.69, 9.17) is 4.74 Å². The minimum Gasteiger partial charge on any atom is -0.508 e. The van der Waals surface area contributed by atoms with Crippen molar-refractivity contribution in [1.29, 1.82) is 0 Å². The molecule has 640 valence electrons. The van der Waals surface area contributed by atoms with Crippen molar-refractivity contribution in [2.45, 2.75) is 139 Å². The smallest absolute Gasteiger partial charge is 0.411 e. The molecule has 123 heavy (non-hydrogen) atoms. The molecule has 0 aromatic heterocycles. The van der Waals surface area contributed by atoms with Gasteiger partial charge in [0.25, 0.3) is 23.6 Å². The molecule has 2 aliphatic rings. The predicted molar refractivity (Wildman–Crippen MR) is 425 cm³/mol. The van der Waals surface area contributed by atoms with Gasteiger partial charge in [-0.15, -0.1) is 0 Å². The Hall–Kier alpha value is -13.7. The quantitative estimate of drug-likeness (QED) is 0.0192. The van der Waals surface area contributed by atoms with Crippen molar-refractivity contribution in [2.24, 2.45) is 5.92 Å². The first kappa shape index (κ1) is 88.6. The molecule has 11 N–H and O–H groups in total. The van der Waals surface area contributed by atoms with Crippen LogP contribution in [0.1, 0.15) is 214 Å². The Kier molecular flexibility index (Phi) is 22.2. The fraction of sp³-hybridized carbons (Fsp3) is 0.253. The van der Waals surface area contributed by atoms with Crippen LogP contribution in [0.5, 0.6) is 23.0 Å². The second-order valence-corrected chi connectivity index (χ2v) is 32.8. The Morgan fingerprint density at radius 3 is 1.27 bits per heavy atom. The lowest BCUT2D eigenvalue weighted by Gasteiger charge is -2.44. The van der Waals surface area contributed by atoms with E-state index in [0.29, 0.717) is 58.0 Å². The molecule has 20 nitrogen and oxygen atoms in total. The van der Waals surface area contributed by atoms with Gasteiger partial charge < -0.3 is 61.7 Å². The number of carboxylic acid groups (broad SMARTS) is 3. The number of carbonyl (C=O) groups excluding carboxylic acids is 5. The average molecular weight is 1710 g/mol. The van der Waals surface area contributed by atoms with Crippen LogP contribution in [0.3, 0.4) is 0 Å². The SMILES string of the molecule is CC(C)CC(C)(C)c1ccc(-c2ccc(NC(=O)c3cc(C(c4ccc5c(c4)C(=O)NC(C)(C(C)(C)c4cc(C6(c7ccc(O)c(NC(=O)c8cc(C(c9ccc(C(=O)O)c(C(=O)NC(C)(C)C)c9)(C(F)(F)F)C(F)(F)F)ccc8C(=O)O)c7)c7ccccc7-c7ccccc76)ccc4O)OC5=O)(C(F)(F)F)C(F)(F)F)ccc3C(=O)O)c(O)c2)cc1O. The molecule has 10 aromatic rings. The highest BCUT2D eigenvalue weighted by Gasteiger charge is 2.74. The molecule has 1 heterocycles. The molecule has 12 rings (SSSR count). The van der Waals surface area contributed by atoms with Gasteiger partial charge >= 0.3 is 48.6 Å². The number of phenolic OH excluding ortho intramolecular Hbond substituents is 4. The van der Waals surface area contributed by atoms with Gasteiger partial charge in [-0.2, -0.15) is 52.7 Å². The van der Waals surface area contributed by atoms with Gasteiger partial charge in [0, 0.05) is 11.1 Å². The maximum atomic E-state index is 16.3. The summed E-state index contributed by atoms with van der Waals surface area (Å²) in [6, 6.07) is 30.9. The highest BCUT2D eigenvalue weighted by molar-refractivity contribution is 6.13. The summed E-state index contributed by atoms with van der Waals surface area (Å²) in [6.07, 6.45) is -25.4. The second kappa shape index (κ2) is 30.8. The van der Waals surface area contributed by atoms with Crippen LogP contribution >= 0.6 is 0 Å². The van der Waals surface area contributed by atoms with E-state index < -0.39 is 206 Å². The van der Waals surface area contributed by atoms with Crippen molar-refractivity contribution >= 4 is 58.9 Å². The number of nitrogens with one attached hydrogen (secondary N) is 4. The molecule has 1 atom stereocenters. The molecule has 0 fully saturated rings. The number of esters is 1. The average Bonchev–Trinajstić information content (AvgIpc) is 1.61. The van der Waals surface area contributed by atoms with Crippen molar-refractivity contribution in [3.63, 3.8) is 0 Å². The van der Waals surface area contributed by atoms with Gasteiger partial charge in [-0.25, -0.2) is 19.2 Å². The maximum Gasteiger partial charge on any atom is 0.411 e. The lowest BCUT2D eigenvalue weighted by molar-refractivity contribution is -0.290. The Labute approximate surface area is 692 Å². The second-order valence-electron chi connectivity index (χ2n) is 32.8. The summed E-state index contributed by atoms with van der Waals surface area (Å²) in [5.41, 5.74) is -33.6. The molecule has 32 heteroatoms. The number of carbonyl (C=O) groups is 8. The Bertz CT molecular complexity index is 6010.